The monoisotopic (exact) mass is 455 g/mol. The molecule has 3 aromatic carbocycles. The van der Waals surface area contributed by atoms with Crippen molar-refractivity contribution in [1.29, 1.82) is 0 Å². The first-order chi connectivity index (χ1) is 15.1. The Balaban J connectivity index is 1.84. The van der Waals surface area contributed by atoms with E-state index in [0.29, 0.717) is 38.9 Å². The van der Waals surface area contributed by atoms with Crippen molar-refractivity contribution < 1.29 is 29.6 Å². The van der Waals surface area contributed by atoms with E-state index in [9.17, 15) is 19.8 Å². The first-order valence-corrected chi connectivity index (χ1v) is 10.1. The average molecular weight is 456 g/mol. The summed E-state index contributed by atoms with van der Waals surface area (Å²) in [6, 6.07) is 14.6. The second-order valence-corrected chi connectivity index (χ2v) is 7.77. The molecule has 1 amide bonds. The van der Waals surface area contributed by atoms with E-state index < -0.39 is 24.4 Å². The van der Waals surface area contributed by atoms with Crippen LogP contribution in [0.4, 0.5) is 5.69 Å². The van der Waals surface area contributed by atoms with Crippen LogP contribution < -0.4 is 10.1 Å². The summed E-state index contributed by atoms with van der Waals surface area (Å²) in [5, 5.41) is 32.8. The van der Waals surface area contributed by atoms with Gasteiger partial charge >= 0.3 is 5.97 Å². The van der Waals surface area contributed by atoms with Gasteiger partial charge in [-0.15, -0.1) is 0 Å². The summed E-state index contributed by atoms with van der Waals surface area (Å²) in [7, 11) is 0. The summed E-state index contributed by atoms with van der Waals surface area (Å²) in [5.74, 6) is -0.965. The van der Waals surface area contributed by atoms with Gasteiger partial charge in [0.2, 0.25) is 5.91 Å². The Morgan fingerprint density at radius 2 is 1.66 bits per heavy atom. The number of phenols is 1. The zero-order valence-corrected chi connectivity index (χ0v) is 18.2. The maximum atomic E-state index is 11.7. The highest BCUT2D eigenvalue weighted by molar-refractivity contribution is 6.30. The molecule has 0 aliphatic carbocycles. The van der Waals surface area contributed by atoms with E-state index in [2.05, 4.69) is 5.32 Å². The number of aliphatic hydroxyl groups is 1. The van der Waals surface area contributed by atoms with Gasteiger partial charge in [-0.25, -0.2) is 0 Å². The van der Waals surface area contributed by atoms with Gasteiger partial charge in [0.25, 0.3) is 0 Å². The molecule has 0 saturated carbocycles. The minimum Gasteiger partial charge on any atom is -0.508 e. The molecule has 8 heteroatoms. The molecule has 0 heterocycles. The van der Waals surface area contributed by atoms with Crippen LogP contribution in [0.25, 0.3) is 0 Å². The Morgan fingerprint density at radius 1 is 1.03 bits per heavy atom. The summed E-state index contributed by atoms with van der Waals surface area (Å²) >= 11 is 5.90. The Bertz CT molecular complexity index is 1140. The van der Waals surface area contributed by atoms with Crippen LogP contribution in [0.3, 0.4) is 0 Å². The van der Waals surface area contributed by atoms with Crippen molar-refractivity contribution in [3.8, 4) is 17.2 Å². The summed E-state index contributed by atoms with van der Waals surface area (Å²) in [5.41, 5.74) is 2.73. The van der Waals surface area contributed by atoms with Crippen LogP contribution in [0.1, 0.15) is 34.8 Å². The number of carbonyl (C=O) groups excluding carboxylic acids is 1. The zero-order chi connectivity index (χ0) is 23.4. The molecular weight excluding hydrogens is 434 g/mol. The van der Waals surface area contributed by atoms with Crippen molar-refractivity contribution in [2.75, 3.05) is 5.32 Å². The van der Waals surface area contributed by atoms with Gasteiger partial charge in [-0.1, -0.05) is 23.7 Å². The van der Waals surface area contributed by atoms with E-state index in [0.717, 1.165) is 0 Å². The van der Waals surface area contributed by atoms with Gasteiger partial charge in [-0.05, 0) is 73.0 Å². The molecule has 0 spiro atoms. The molecule has 1 atom stereocenters. The highest BCUT2D eigenvalue weighted by Gasteiger charge is 2.17. The molecule has 0 aromatic heterocycles. The molecule has 7 nitrogen and oxygen atoms in total. The number of rotatable bonds is 7. The van der Waals surface area contributed by atoms with E-state index in [1.54, 1.807) is 62.4 Å². The van der Waals surface area contributed by atoms with Crippen LogP contribution in [-0.2, 0) is 9.59 Å². The molecule has 0 bridgehead atoms. The largest absolute Gasteiger partial charge is 0.508 e. The summed E-state index contributed by atoms with van der Waals surface area (Å²) < 4.78 is 6.02. The number of amides is 1. The standard InChI is InChI=1S/C24H22ClNO6/c1-13-9-17(26-21(28)12-22(29)30)10-14(2)24(13)32-18-7-8-20(27)19(11-18)23(31)15-3-5-16(25)6-4-15/h3-11,23,27,31H,12H2,1-2H3,(H,26,28)(H,29,30). The number of carboxylic acid groups (broad SMARTS) is 1. The highest BCUT2D eigenvalue weighted by atomic mass is 35.5. The number of aliphatic hydroxyl groups excluding tert-OH is 1. The summed E-state index contributed by atoms with van der Waals surface area (Å²) in [4.78, 5) is 22.4. The molecule has 0 aliphatic heterocycles. The fourth-order valence-corrected chi connectivity index (χ4v) is 3.41. The predicted octanol–water partition coefficient (Wildman–Crippen LogP) is 4.95. The fraction of sp³-hybridized carbons (Fsp3) is 0.167. The maximum Gasteiger partial charge on any atom is 0.312 e. The molecule has 0 aliphatic rings. The Kier molecular flexibility index (Phi) is 7.02. The molecule has 0 saturated heterocycles. The van der Waals surface area contributed by atoms with Gasteiger partial charge < -0.3 is 25.4 Å². The SMILES string of the molecule is Cc1cc(NC(=O)CC(=O)O)cc(C)c1Oc1ccc(O)c(C(O)c2ccc(Cl)cc2)c1. The molecular formula is C24H22ClNO6. The minimum absolute atomic E-state index is 0.0789. The topological polar surface area (TPSA) is 116 Å². The van der Waals surface area contributed by atoms with Crippen LogP contribution in [0, 0.1) is 13.8 Å². The van der Waals surface area contributed by atoms with Gasteiger partial charge in [0.1, 0.15) is 29.8 Å². The van der Waals surface area contributed by atoms with Gasteiger partial charge in [0.15, 0.2) is 0 Å². The van der Waals surface area contributed by atoms with Crippen molar-refractivity contribution in [3.05, 3.63) is 81.9 Å². The van der Waals surface area contributed by atoms with Crippen LogP contribution in [0.5, 0.6) is 17.2 Å². The summed E-state index contributed by atoms with van der Waals surface area (Å²) in [6.07, 6.45) is -1.70. The second-order valence-electron chi connectivity index (χ2n) is 7.33. The van der Waals surface area contributed by atoms with Gasteiger partial charge in [-0.2, -0.15) is 0 Å². The number of phenolic OH excluding ortho intramolecular Hbond substituents is 1. The van der Waals surface area contributed by atoms with E-state index in [1.807, 2.05) is 0 Å². The number of nitrogens with one attached hydrogen (secondary N) is 1. The van der Waals surface area contributed by atoms with Crippen molar-refractivity contribution in [2.45, 2.75) is 26.4 Å². The van der Waals surface area contributed by atoms with Crippen molar-refractivity contribution in [1.82, 2.24) is 0 Å². The van der Waals surface area contributed by atoms with Crippen LogP contribution in [0.15, 0.2) is 54.6 Å². The minimum atomic E-state index is -1.21. The Hall–Kier alpha value is -3.55. The van der Waals surface area contributed by atoms with Gasteiger partial charge in [0, 0.05) is 16.3 Å². The average Bonchev–Trinajstić information content (AvgIpc) is 2.71. The quantitative estimate of drug-likeness (QED) is 0.374. The first kappa shape index (κ1) is 23.1. The normalized spacial score (nSPS) is 11.6. The lowest BCUT2D eigenvalue weighted by Crippen LogP contribution is -2.16. The lowest BCUT2D eigenvalue weighted by Gasteiger charge is -2.17. The molecule has 1 unspecified atom stereocenters. The summed E-state index contributed by atoms with van der Waals surface area (Å²) in [6.45, 7) is 3.58. The molecule has 0 fully saturated rings. The molecule has 32 heavy (non-hydrogen) atoms. The first-order valence-electron chi connectivity index (χ1n) is 9.71. The predicted molar refractivity (Wildman–Crippen MR) is 120 cm³/mol. The van der Waals surface area contributed by atoms with Crippen molar-refractivity contribution in [2.24, 2.45) is 0 Å². The second kappa shape index (κ2) is 9.72. The van der Waals surface area contributed by atoms with E-state index in [1.165, 1.54) is 6.07 Å². The maximum absolute atomic E-state index is 11.7. The number of hydrogen-bond acceptors (Lipinski definition) is 5. The highest BCUT2D eigenvalue weighted by Crippen LogP contribution is 2.36. The Labute approximate surface area is 189 Å². The van der Waals surface area contributed by atoms with Crippen LogP contribution in [0.2, 0.25) is 5.02 Å². The number of carboxylic acids is 1. The number of anilines is 1. The number of aryl methyl sites for hydroxylation is 2. The zero-order valence-electron chi connectivity index (χ0n) is 17.4. The third-order valence-corrected chi connectivity index (χ3v) is 5.01. The molecule has 3 aromatic rings. The number of ether oxygens (including phenoxy) is 1. The fourth-order valence-electron chi connectivity index (χ4n) is 3.28. The lowest BCUT2D eigenvalue weighted by molar-refractivity contribution is -0.139. The lowest BCUT2D eigenvalue weighted by atomic mass is 10.0. The van der Waals surface area contributed by atoms with E-state index >= 15 is 0 Å². The van der Waals surface area contributed by atoms with Crippen molar-refractivity contribution in [3.63, 3.8) is 0 Å². The van der Waals surface area contributed by atoms with E-state index in [4.69, 9.17) is 21.4 Å². The third-order valence-electron chi connectivity index (χ3n) is 4.76. The van der Waals surface area contributed by atoms with Crippen LogP contribution in [-0.4, -0.2) is 27.2 Å². The number of aromatic hydroxyl groups is 1. The number of benzene rings is 3. The molecule has 4 N–H and O–H groups in total. The number of halogens is 1. The van der Waals surface area contributed by atoms with Crippen LogP contribution >= 0.6 is 11.6 Å². The Morgan fingerprint density at radius 3 is 2.25 bits per heavy atom. The molecule has 3 rings (SSSR count). The molecule has 0 radical (unpaired) electrons. The third kappa shape index (κ3) is 5.57. The van der Waals surface area contributed by atoms with Crippen molar-refractivity contribution >= 4 is 29.2 Å². The van der Waals surface area contributed by atoms with Gasteiger partial charge in [0.05, 0.1) is 0 Å². The van der Waals surface area contributed by atoms with Gasteiger partial charge in [-0.3, -0.25) is 9.59 Å². The smallest absolute Gasteiger partial charge is 0.312 e. The van der Waals surface area contributed by atoms with E-state index in [-0.39, 0.29) is 11.3 Å². The number of aliphatic carboxylic acids is 1. The number of hydrogen-bond donors (Lipinski definition) is 4. The molecule has 166 valence electrons. The number of carbonyl (C=O) groups is 2.